The minimum absolute atomic E-state index is 0.00836. The zero-order valence-electron chi connectivity index (χ0n) is 10.3. The molecule has 0 aliphatic carbocycles. The molecule has 2 heterocycles. The molecule has 1 aliphatic rings. The summed E-state index contributed by atoms with van der Waals surface area (Å²) in [4.78, 5) is 0. The van der Waals surface area contributed by atoms with Gasteiger partial charge in [-0.2, -0.15) is 5.10 Å². The van der Waals surface area contributed by atoms with E-state index in [0.29, 0.717) is 0 Å². The van der Waals surface area contributed by atoms with Crippen LogP contribution in [-0.2, 0) is 10.3 Å². The highest BCUT2D eigenvalue weighted by atomic mass is 32.2. The first kappa shape index (κ1) is 12.2. The van der Waals surface area contributed by atoms with Crippen molar-refractivity contribution < 1.29 is 0 Å². The van der Waals surface area contributed by atoms with Crippen LogP contribution in [-0.4, -0.2) is 20.5 Å². The van der Waals surface area contributed by atoms with Crippen molar-refractivity contribution in [3.63, 3.8) is 0 Å². The van der Waals surface area contributed by atoms with E-state index in [2.05, 4.69) is 42.5 Å². The van der Waals surface area contributed by atoms with Gasteiger partial charge in [0, 0.05) is 5.54 Å². The Hall–Kier alpha value is -0.290. The Morgan fingerprint density at radius 1 is 1.50 bits per heavy atom. The van der Waals surface area contributed by atoms with Crippen LogP contribution in [0.1, 0.15) is 46.4 Å². The molecule has 1 aliphatic heterocycles. The second-order valence-corrected chi connectivity index (χ2v) is 7.53. The van der Waals surface area contributed by atoms with Crippen LogP contribution in [0.25, 0.3) is 0 Å². The van der Waals surface area contributed by atoms with Gasteiger partial charge in [-0.1, -0.05) is 0 Å². The second kappa shape index (κ2) is 3.88. The van der Waals surface area contributed by atoms with Gasteiger partial charge in [-0.15, -0.1) is 11.8 Å². The van der Waals surface area contributed by atoms with Crippen LogP contribution in [0.15, 0.2) is 0 Å². The van der Waals surface area contributed by atoms with Crippen molar-refractivity contribution in [1.29, 1.82) is 0 Å². The van der Waals surface area contributed by atoms with E-state index in [9.17, 15) is 0 Å². The van der Waals surface area contributed by atoms with E-state index in [-0.39, 0.29) is 10.3 Å². The Morgan fingerprint density at radius 2 is 2.19 bits per heavy atom. The molecule has 0 spiro atoms. The third-order valence-corrected chi connectivity index (χ3v) is 4.83. The average molecular weight is 257 g/mol. The number of hydrogen-bond acceptors (Lipinski definition) is 3. The minimum Gasteiger partial charge on any atom is -0.298 e. The van der Waals surface area contributed by atoms with E-state index in [4.69, 9.17) is 12.2 Å². The van der Waals surface area contributed by atoms with Gasteiger partial charge in [-0.25, -0.2) is 0 Å². The summed E-state index contributed by atoms with van der Waals surface area (Å²) in [5.41, 5.74) is -0.00836. The largest absolute Gasteiger partial charge is 0.298 e. The lowest BCUT2D eigenvalue weighted by molar-refractivity contribution is 0.362. The van der Waals surface area contributed by atoms with Crippen molar-refractivity contribution in [1.82, 2.24) is 14.8 Å². The van der Waals surface area contributed by atoms with Gasteiger partial charge in [-0.3, -0.25) is 9.67 Å². The molecule has 0 aromatic carbocycles. The van der Waals surface area contributed by atoms with Gasteiger partial charge >= 0.3 is 0 Å². The van der Waals surface area contributed by atoms with Crippen LogP contribution in [0.2, 0.25) is 0 Å². The second-order valence-electron chi connectivity index (χ2n) is 5.54. The summed E-state index contributed by atoms with van der Waals surface area (Å²) >= 11 is 7.33. The minimum atomic E-state index is -0.00836. The molecule has 1 fully saturated rings. The molecule has 1 atom stereocenters. The molecule has 1 N–H and O–H groups in total. The third kappa shape index (κ3) is 1.95. The highest BCUT2D eigenvalue weighted by molar-refractivity contribution is 8.00. The third-order valence-electron chi connectivity index (χ3n) is 3.03. The number of hydrogen-bond donors (Lipinski definition) is 1. The van der Waals surface area contributed by atoms with E-state index in [1.807, 2.05) is 11.8 Å². The SMILES string of the molecule is CC1(c2n[nH]c(=S)n2C(C)(C)C)CCCS1. The zero-order valence-corrected chi connectivity index (χ0v) is 12.0. The summed E-state index contributed by atoms with van der Waals surface area (Å²) in [7, 11) is 0. The number of H-pyrrole nitrogens is 1. The standard InChI is InChI=1S/C11H19N3S2/c1-10(2,3)14-8(12-13-9(14)15)11(4)6-5-7-16-11/h5-7H2,1-4H3,(H,13,15). The Balaban J connectivity index is 2.54. The van der Waals surface area contributed by atoms with Crippen molar-refractivity contribution in [2.45, 2.75) is 50.8 Å². The summed E-state index contributed by atoms with van der Waals surface area (Å²) < 4.78 is 3.03. The van der Waals surface area contributed by atoms with Crippen LogP contribution in [0.5, 0.6) is 0 Å². The van der Waals surface area contributed by atoms with E-state index in [1.54, 1.807) is 0 Å². The highest BCUT2D eigenvalue weighted by Gasteiger charge is 2.38. The molecule has 1 unspecified atom stereocenters. The van der Waals surface area contributed by atoms with Crippen molar-refractivity contribution >= 4 is 24.0 Å². The quantitative estimate of drug-likeness (QED) is 0.783. The van der Waals surface area contributed by atoms with Crippen molar-refractivity contribution in [3.8, 4) is 0 Å². The van der Waals surface area contributed by atoms with Gasteiger partial charge in [-0.05, 0) is 58.5 Å². The predicted octanol–water partition coefficient (Wildman–Crippen LogP) is 3.44. The van der Waals surface area contributed by atoms with E-state index in [1.165, 1.54) is 18.6 Å². The Bertz CT molecular complexity index is 433. The first-order chi connectivity index (χ1) is 7.34. The smallest absolute Gasteiger partial charge is 0.195 e. The van der Waals surface area contributed by atoms with Crippen LogP contribution in [0.4, 0.5) is 0 Å². The molecule has 1 aromatic heterocycles. The number of thioether (sulfide) groups is 1. The number of aromatic nitrogens is 3. The van der Waals surface area contributed by atoms with Crippen molar-refractivity contribution in [2.75, 3.05) is 5.75 Å². The molecule has 90 valence electrons. The van der Waals surface area contributed by atoms with Gasteiger partial charge in [0.25, 0.3) is 0 Å². The molecule has 0 radical (unpaired) electrons. The Kier molecular flexibility index (Phi) is 2.95. The summed E-state index contributed by atoms with van der Waals surface area (Å²) in [5.74, 6) is 2.33. The molecular formula is C11H19N3S2. The maximum atomic E-state index is 5.34. The maximum Gasteiger partial charge on any atom is 0.195 e. The Morgan fingerprint density at radius 3 is 2.69 bits per heavy atom. The van der Waals surface area contributed by atoms with Crippen LogP contribution < -0.4 is 0 Å². The molecular weight excluding hydrogens is 238 g/mol. The summed E-state index contributed by atoms with van der Waals surface area (Å²) in [6.07, 6.45) is 2.46. The fourth-order valence-electron chi connectivity index (χ4n) is 2.23. The lowest BCUT2D eigenvalue weighted by Gasteiger charge is -2.29. The maximum absolute atomic E-state index is 5.34. The summed E-state index contributed by atoms with van der Waals surface area (Å²) in [6, 6.07) is 0. The molecule has 1 saturated heterocycles. The van der Waals surface area contributed by atoms with Crippen LogP contribution in [0, 0.1) is 4.77 Å². The fraction of sp³-hybridized carbons (Fsp3) is 0.818. The molecule has 3 nitrogen and oxygen atoms in total. The Labute approximate surface area is 106 Å². The van der Waals surface area contributed by atoms with E-state index in [0.717, 1.165) is 10.6 Å². The zero-order chi connectivity index (χ0) is 12.0. The lowest BCUT2D eigenvalue weighted by atomic mass is 10.0. The van der Waals surface area contributed by atoms with Gasteiger partial charge in [0.1, 0.15) is 5.82 Å². The highest BCUT2D eigenvalue weighted by Crippen LogP contribution is 2.46. The van der Waals surface area contributed by atoms with E-state index >= 15 is 0 Å². The number of aromatic amines is 1. The van der Waals surface area contributed by atoms with Gasteiger partial charge in [0.2, 0.25) is 0 Å². The fourth-order valence-corrected chi connectivity index (χ4v) is 3.93. The van der Waals surface area contributed by atoms with Crippen molar-refractivity contribution in [3.05, 3.63) is 10.6 Å². The number of rotatable bonds is 1. The first-order valence-corrected chi connectivity index (χ1v) is 7.06. The molecule has 16 heavy (non-hydrogen) atoms. The number of nitrogens with one attached hydrogen (secondary N) is 1. The monoisotopic (exact) mass is 257 g/mol. The van der Waals surface area contributed by atoms with Gasteiger partial charge in [0.15, 0.2) is 4.77 Å². The number of nitrogens with zero attached hydrogens (tertiary/aromatic N) is 2. The molecule has 5 heteroatoms. The molecule has 1 aromatic rings. The topological polar surface area (TPSA) is 33.6 Å². The molecule has 0 bridgehead atoms. The molecule has 0 saturated carbocycles. The first-order valence-electron chi connectivity index (χ1n) is 5.67. The van der Waals surface area contributed by atoms with Crippen LogP contribution >= 0.6 is 24.0 Å². The average Bonchev–Trinajstić information content (AvgIpc) is 2.71. The molecule has 2 rings (SSSR count). The van der Waals surface area contributed by atoms with Crippen molar-refractivity contribution in [2.24, 2.45) is 0 Å². The normalized spacial score (nSPS) is 26.2. The van der Waals surface area contributed by atoms with Gasteiger partial charge < -0.3 is 0 Å². The van der Waals surface area contributed by atoms with Gasteiger partial charge in [0.05, 0.1) is 4.75 Å². The lowest BCUT2D eigenvalue weighted by Crippen LogP contribution is -2.30. The van der Waals surface area contributed by atoms with E-state index < -0.39 is 0 Å². The predicted molar refractivity (Wildman–Crippen MR) is 71.5 cm³/mol. The molecule has 0 amide bonds. The summed E-state index contributed by atoms with van der Waals surface area (Å²) in [6.45, 7) is 8.79. The summed E-state index contributed by atoms with van der Waals surface area (Å²) in [5, 5.41) is 7.41. The van der Waals surface area contributed by atoms with Crippen LogP contribution in [0.3, 0.4) is 0 Å².